The summed E-state index contributed by atoms with van der Waals surface area (Å²) in [6, 6.07) is 25.1. The molecule has 4 rings (SSSR count). The van der Waals surface area contributed by atoms with E-state index >= 15 is 0 Å². The van der Waals surface area contributed by atoms with Crippen LogP contribution in [-0.4, -0.2) is 52.3 Å². The van der Waals surface area contributed by atoms with E-state index < -0.39 is 6.09 Å². The second-order valence-electron chi connectivity index (χ2n) is 11.2. The Morgan fingerprint density at radius 1 is 0.674 bits per heavy atom. The first-order chi connectivity index (χ1) is 21.3. The Morgan fingerprint density at radius 3 is 1.98 bits per heavy atom. The van der Waals surface area contributed by atoms with Gasteiger partial charge >= 0.3 is 6.09 Å². The molecule has 1 aliphatic carbocycles. The third-order valence-electron chi connectivity index (χ3n) is 7.94. The number of amides is 1. The van der Waals surface area contributed by atoms with Crippen molar-refractivity contribution in [3.63, 3.8) is 0 Å². The zero-order valence-electron chi connectivity index (χ0n) is 25.9. The second kappa shape index (κ2) is 19.0. The van der Waals surface area contributed by atoms with Crippen molar-refractivity contribution in [3.05, 3.63) is 89.5 Å². The molecular formula is C37H49NO5. The third-order valence-corrected chi connectivity index (χ3v) is 7.94. The van der Waals surface area contributed by atoms with E-state index in [0.717, 1.165) is 12.2 Å². The highest BCUT2D eigenvalue weighted by atomic mass is 16.6. The lowest BCUT2D eigenvalue weighted by Gasteiger charge is -2.14. The average Bonchev–Trinajstić information content (AvgIpc) is 3.36. The minimum atomic E-state index is -0.395. The summed E-state index contributed by atoms with van der Waals surface area (Å²) in [5, 5.41) is 2.82. The molecule has 0 aliphatic heterocycles. The molecule has 0 spiro atoms. The predicted octanol–water partition coefficient (Wildman–Crippen LogP) is 8.32. The van der Waals surface area contributed by atoms with Crippen LogP contribution >= 0.6 is 0 Å². The van der Waals surface area contributed by atoms with Crippen molar-refractivity contribution in [3.8, 4) is 16.9 Å². The van der Waals surface area contributed by atoms with Crippen molar-refractivity contribution < 1.29 is 23.7 Å². The van der Waals surface area contributed by atoms with Crippen molar-refractivity contribution in [2.75, 3.05) is 46.2 Å². The average molecular weight is 588 g/mol. The van der Waals surface area contributed by atoms with E-state index in [1.807, 2.05) is 24.3 Å². The van der Waals surface area contributed by atoms with Gasteiger partial charge in [-0.05, 0) is 59.2 Å². The fourth-order valence-corrected chi connectivity index (χ4v) is 5.59. The van der Waals surface area contributed by atoms with E-state index in [4.69, 9.17) is 18.9 Å². The molecule has 6 heteroatoms. The highest BCUT2D eigenvalue weighted by Crippen LogP contribution is 2.44. The molecular weight excluding hydrogens is 538 g/mol. The molecule has 0 saturated carbocycles. The SMILES string of the molecule is CCCCCCCCCc1ccc(OCCOCCOCCCNC(=O)OCC2c3ccccc3-c3ccccc32)cc1. The first-order valence-electron chi connectivity index (χ1n) is 16.2. The fourth-order valence-electron chi connectivity index (χ4n) is 5.59. The summed E-state index contributed by atoms with van der Waals surface area (Å²) >= 11 is 0. The first-order valence-corrected chi connectivity index (χ1v) is 16.2. The van der Waals surface area contributed by atoms with Gasteiger partial charge in [0.2, 0.25) is 0 Å². The lowest BCUT2D eigenvalue weighted by atomic mass is 9.98. The van der Waals surface area contributed by atoms with Crippen LogP contribution in [-0.2, 0) is 20.6 Å². The van der Waals surface area contributed by atoms with Gasteiger partial charge in [0, 0.05) is 19.1 Å². The summed E-state index contributed by atoms with van der Waals surface area (Å²) in [7, 11) is 0. The van der Waals surface area contributed by atoms with Crippen LogP contribution in [0.4, 0.5) is 4.79 Å². The molecule has 0 saturated heterocycles. The number of nitrogens with one attached hydrogen (secondary N) is 1. The molecule has 1 aliphatic rings. The number of carbonyl (C=O) groups excluding carboxylic acids is 1. The van der Waals surface area contributed by atoms with E-state index in [1.165, 1.54) is 72.8 Å². The third kappa shape index (κ3) is 11.0. The minimum absolute atomic E-state index is 0.0666. The number of aryl methyl sites for hydroxylation is 1. The van der Waals surface area contributed by atoms with Gasteiger partial charge in [0.1, 0.15) is 19.0 Å². The van der Waals surface area contributed by atoms with Crippen LogP contribution in [0.2, 0.25) is 0 Å². The quantitative estimate of drug-likeness (QED) is 0.127. The van der Waals surface area contributed by atoms with E-state index in [1.54, 1.807) is 0 Å². The number of rotatable bonds is 21. The topological polar surface area (TPSA) is 66.0 Å². The smallest absolute Gasteiger partial charge is 0.407 e. The monoisotopic (exact) mass is 587 g/mol. The lowest BCUT2D eigenvalue weighted by Crippen LogP contribution is -2.27. The number of fused-ring (bicyclic) bond motifs is 3. The molecule has 3 aromatic rings. The summed E-state index contributed by atoms with van der Waals surface area (Å²) in [5.41, 5.74) is 6.24. The van der Waals surface area contributed by atoms with E-state index in [0.29, 0.717) is 52.6 Å². The minimum Gasteiger partial charge on any atom is -0.491 e. The van der Waals surface area contributed by atoms with Gasteiger partial charge in [0.25, 0.3) is 0 Å². The van der Waals surface area contributed by atoms with Crippen molar-refractivity contribution >= 4 is 6.09 Å². The number of benzene rings is 3. The van der Waals surface area contributed by atoms with Gasteiger partial charge in [0.05, 0.1) is 19.8 Å². The predicted molar refractivity (Wildman–Crippen MR) is 173 cm³/mol. The molecule has 6 nitrogen and oxygen atoms in total. The maximum absolute atomic E-state index is 12.3. The van der Waals surface area contributed by atoms with Crippen molar-refractivity contribution in [1.29, 1.82) is 0 Å². The van der Waals surface area contributed by atoms with Crippen LogP contribution in [0.25, 0.3) is 11.1 Å². The molecule has 232 valence electrons. The number of alkyl carbamates (subject to hydrolysis) is 1. The van der Waals surface area contributed by atoms with Crippen molar-refractivity contribution in [1.82, 2.24) is 5.32 Å². The summed E-state index contributed by atoms with van der Waals surface area (Å²) < 4.78 is 22.6. The van der Waals surface area contributed by atoms with Crippen molar-refractivity contribution in [2.24, 2.45) is 0 Å². The normalized spacial score (nSPS) is 12.1. The Morgan fingerprint density at radius 2 is 1.28 bits per heavy atom. The highest BCUT2D eigenvalue weighted by molar-refractivity contribution is 5.79. The summed E-state index contributed by atoms with van der Waals surface area (Å²) in [5.74, 6) is 0.948. The van der Waals surface area contributed by atoms with Crippen molar-refractivity contribution in [2.45, 2.75) is 70.6 Å². The zero-order valence-corrected chi connectivity index (χ0v) is 25.9. The zero-order chi connectivity index (χ0) is 30.0. The molecule has 0 heterocycles. The van der Waals surface area contributed by atoms with E-state index in [2.05, 4.69) is 60.8 Å². The Balaban J connectivity index is 0.955. The maximum Gasteiger partial charge on any atom is 0.407 e. The number of carbonyl (C=O) groups is 1. The van der Waals surface area contributed by atoms with Gasteiger partial charge in [-0.2, -0.15) is 0 Å². The molecule has 0 fully saturated rings. The molecule has 1 amide bonds. The Bertz CT molecular complexity index is 1170. The second-order valence-corrected chi connectivity index (χ2v) is 11.2. The van der Waals surface area contributed by atoms with Gasteiger partial charge in [0.15, 0.2) is 0 Å². The van der Waals surface area contributed by atoms with Gasteiger partial charge < -0.3 is 24.3 Å². The Kier molecular flexibility index (Phi) is 14.4. The molecule has 3 aromatic carbocycles. The van der Waals surface area contributed by atoms with Gasteiger partial charge in [-0.1, -0.05) is 106 Å². The van der Waals surface area contributed by atoms with Crippen LogP contribution < -0.4 is 10.1 Å². The maximum atomic E-state index is 12.3. The Hall–Kier alpha value is -3.35. The summed E-state index contributed by atoms with van der Waals surface area (Å²) in [6.45, 7) is 5.70. The summed E-state index contributed by atoms with van der Waals surface area (Å²) in [6.07, 6.45) is 10.8. The van der Waals surface area contributed by atoms with Gasteiger partial charge in [-0.25, -0.2) is 4.79 Å². The molecule has 0 radical (unpaired) electrons. The first kappa shape index (κ1) is 32.6. The van der Waals surface area contributed by atoms with Gasteiger partial charge in [-0.3, -0.25) is 0 Å². The molecule has 43 heavy (non-hydrogen) atoms. The lowest BCUT2D eigenvalue weighted by molar-refractivity contribution is 0.0357. The fraction of sp³-hybridized carbons (Fsp3) is 0.486. The molecule has 1 N–H and O–H groups in total. The number of hydrogen-bond donors (Lipinski definition) is 1. The van der Waals surface area contributed by atoms with Crippen LogP contribution in [0.15, 0.2) is 72.8 Å². The highest BCUT2D eigenvalue weighted by Gasteiger charge is 2.28. The van der Waals surface area contributed by atoms with E-state index in [9.17, 15) is 4.79 Å². The largest absolute Gasteiger partial charge is 0.491 e. The van der Waals surface area contributed by atoms with Crippen LogP contribution in [0.3, 0.4) is 0 Å². The Labute approximate surface area is 258 Å². The van der Waals surface area contributed by atoms with Crippen LogP contribution in [0.5, 0.6) is 5.75 Å². The number of unbranched alkanes of at least 4 members (excludes halogenated alkanes) is 6. The molecule has 0 unspecified atom stereocenters. The van der Waals surface area contributed by atoms with E-state index in [-0.39, 0.29) is 5.92 Å². The van der Waals surface area contributed by atoms with Crippen LogP contribution in [0.1, 0.15) is 80.9 Å². The standard InChI is InChI=1S/C37H49NO5/c1-2-3-4-5-6-7-8-14-30-19-21-31(22-20-30)42-28-27-41-26-25-40-24-13-23-38-37(39)43-29-36-34-17-11-9-15-32(34)33-16-10-12-18-35(33)36/h9-12,15-22,36H,2-8,13-14,23-29H2,1H3,(H,38,39). The molecule has 0 bridgehead atoms. The van der Waals surface area contributed by atoms with Gasteiger partial charge in [-0.15, -0.1) is 0 Å². The number of ether oxygens (including phenoxy) is 4. The molecule has 0 aromatic heterocycles. The summed E-state index contributed by atoms with van der Waals surface area (Å²) in [4.78, 5) is 12.3. The molecule has 0 atom stereocenters. The number of hydrogen-bond acceptors (Lipinski definition) is 5. The van der Waals surface area contributed by atoms with Crippen LogP contribution in [0, 0.1) is 0 Å².